The fraction of sp³-hybridized carbons (Fsp3) is 0.595. The van der Waals surface area contributed by atoms with Crippen LogP contribution in [0.5, 0.6) is 0 Å². The maximum atomic E-state index is 14.0. The minimum atomic E-state index is -0.846. The quantitative estimate of drug-likeness (QED) is 0.388. The maximum absolute atomic E-state index is 14.0. The molecule has 4 aliphatic heterocycles. The fourth-order valence-electron chi connectivity index (χ4n) is 8.76. The molecule has 0 bridgehead atoms. The molecule has 0 aliphatic carbocycles. The highest BCUT2D eigenvalue weighted by Crippen LogP contribution is 2.42. The van der Waals surface area contributed by atoms with Gasteiger partial charge in [-0.15, -0.1) is 0 Å². The van der Waals surface area contributed by atoms with Crippen molar-refractivity contribution >= 4 is 24.1 Å². The van der Waals surface area contributed by atoms with Gasteiger partial charge in [0.25, 0.3) is 0 Å². The van der Waals surface area contributed by atoms with Gasteiger partial charge in [-0.05, 0) is 102 Å². The minimum Gasteiger partial charge on any atom is -0.445 e. The molecule has 46 heavy (non-hydrogen) atoms. The summed E-state index contributed by atoms with van der Waals surface area (Å²) in [6, 6.07) is 14.0. The third-order valence-corrected chi connectivity index (χ3v) is 11.2. The number of fused-ring (bicyclic) bond motifs is 1. The molecule has 248 valence electrons. The van der Waals surface area contributed by atoms with Gasteiger partial charge in [0.1, 0.15) is 18.6 Å². The molecule has 0 unspecified atom stereocenters. The van der Waals surface area contributed by atoms with Crippen LogP contribution in [-0.2, 0) is 22.6 Å². The first-order valence-corrected chi connectivity index (χ1v) is 17.3. The summed E-state index contributed by atoms with van der Waals surface area (Å²) in [5.41, 5.74) is 4.36. The van der Waals surface area contributed by atoms with Crippen LogP contribution in [0.4, 0.5) is 15.3 Å². The van der Waals surface area contributed by atoms with E-state index < -0.39 is 5.66 Å². The van der Waals surface area contributed by atoms with Crippen LogP contribution in [0.25, 0.3) is 0 Å². The Morgan fingerprint density at radius 2 is 1.61 bits per heavy atom. The number of hydrogen-bond acceptors (Lipinski definition) is 6. The highest BCUT2D eigenvalue weighted by molar-refractivity contribution is 5.91. The maximum Gasteiger partial charge on any atom is 0.411 e. The highest BCUT2D eigenvalue weighted by atomic mass is 16.6. The number of nitrogens with zero attached hydrogens (tertiary/aromatic N) is 4. The lowest BCUT2D eigenvalue weighted by Gasteiger charge is -2.57. The van der Waals surface area contributed by atoms with Crippen LogP contribution in [0, 0.1) is 25.7 Å². The van der Waals surface area contributed by atoms with Crippen LogP contribution in [0.1, 0.15) is 67.2 Å². The van der Waals surface area contributed by atoms with Gasteiger partial charge in [-0.3, -0.25) is 9.80 Å². The van der Waals surface area contributed by atoms with E-state index in [2.05, 4.69) is 46.4 Å². The summed E-state index contributed by atoms with van der Waals surface area (Å²) in [6.45, 7) is 9.27. The van der Waals surface area contributed by atoms with E-state index in [0.29, 0.717) is 31.8 Å². The number of aldehydes is 1. The molecule has 1 N–H and O–H groups in total. The van der Waals surface area contributed by atoms with Crippen molar-refractivity contribution < 1.29 is 19.1 Å². The number of amides is 3. The zero-order valence-electron chi connectivity index (χ0n) is 27.9. The molecule has 0 aromatic heterocycles. The van der Waals surface area contributed by atoms with Gasteiger partial charge in [-0.1, -0.05) is 47.5 Å². The zero-order valence-corrected chi connectivity index (χ0v) is 27.9. The van der Waals surface area contributed by atoms with Gasteiger partial charge in [0.05, 0.1) is 0 Å². The molecule has 2 aromatic carbocycles. The summed E-state index contributed by atoms with van der Waals surface area (Å²) < 4.78 is 6.01. The number of piperidine rings is 3. The summed E-state index contributed by atoms with van der Waals surface area (Å²) >= 11 is 0. The molecule has 3 saturated heterocycles. The van der Waals surface area contributed by atoms with E-state index >= 15 is 0 Å². The summed E-state index contributed by atoms with van der Waals surface area (Å²) in [4.78, 5) is 48.8. The molecular formula is C37H51N5O4. The third-order valence-electron chi connectivity index (χ3n) is 11.2. The van der Waals surface area contributed by atoms with Gasteiger partial charge >= 0.3 is 12.1 Å². The average Bonchev–Trinajstić information content (AvgIpc) is 3.22. The average molecular weight is 630 g/mol. The number of urea groups is 1. The smallest absolute Gasteiger partial charge is 0.411 e. The number of para-hydroxylation sites is 1. The number of carbonyl (C=O) groups is 3. The molecule has 6 rings (SSSR count). The van der Waals surface area contributed by atoms with Crippen LogP contribution in [0.3, 0.4) is 0 Å². The number of hydrogen-bond donors (Lipinski definition) is 1. The molecular weight excluding hydrogens is 578 g/mol. The van der Waals surface area contributed by atoms with Crippen LogP contribution in [-0.4, -0.2) is 96.0 Å². The van der Waals surface area contributed by atoms with E-state index in [0.717, 1.165) is 85.6 Å². The molecule has 2 aromatic rings. The Balaban J connectivity index is 1.24. The molecule has 2 atom stereocenters. The van der Waals surface area contributed by atoms with Crippen LogP contribution in [0.15, 0.2) is 42.5 Å². The number of ether oxygens (including phenoxy) is 1. The van der Waals surface area contributed by atoms with Crippen LogP contribution >= 0.6 is 0 Å². The van der Waals surface area contributed by atoms with Gasteiger partial charge in [-0.25, -0.2) is 9.59 Å². The van der Waals surface area contributed by atoms with E-state index in [9.17, 15) is 14.4 Å². The Hall–Kier alpha value is -3.43. The topological polar surface area (TPSA) is 85.4 Å². The molecule has 3 fully saturated rings. The first kappa shape index (κ1) is 32.5. The lowest BCUT2D eigenvalue weighted by atomic mass is 9.77. The van der Waals surface area contributed by atoms with Crippen molar-refractivity contribution in [2.45, 2.75) is 83.5 Å². The van der Waals surface area contributed by atoms with Gasteiger partial charge < -0.3 is 24.6 Å². The second kappa shape index (κ2) is 14.1. The van der Waals surface area contributed by atoms with Crippen molar-refractivity contribution in [3.63, 3.8) is 0 Å². The van der Waals surface area contributed by atoms with Crippen LogP contribution in [0.2, 0.25) is 0 Å². The Morgan fingerprint density at radius 1 is 0.935 bits per heavy atom. The van der Waals surface area contributed by atoms with Gasteiger partial charge in [0.15, 0.2) is 0 Å². The minimum absolute atomic E-state index is 0.107. The largest absolute Gasteiger partial charge is 0.445 e. The molecule has 0 radical (unpaired) electrons. The lowest BCUT2D eigenvalue weighted by molar-refractivity contribution is -0.129. The summed E-state index contributed by atoms with van der Waals surface area (Å²) in [5, 5.41) is 3.13. The van der Waals surface area contributed by atoms with Gasteiger partial charge in [0, 0.05) is 50.7 Å². The van der Waals surface area contributed by atoms with Crippen molar-refractivity contribution in [3.05, 3.63) is 64.7 Å². The van der Waals surface area contributed by atoms with Crippen molar-refractivity contribution in [1.82, 2.24) is 19.6 Å². The van der Waals surface area contributed by atoms with E-state index in [4.69, 9.17) is 4.74 Å². The summed E-state index contributed by atoms with van der Waals surface area (Å²) in [7, 11) is 2.21. The summed E-state index contributed by atoms with van der Waals surface area (Å²) in [5.74, 6) is 1.40. The number of rotatable bonds is 7. The molecule has 0 saturated carbocycles. The molecule has 9 nitrogen and oxygen atoms in total. The lowest BCUT2D eigenvalue weighted by Crippen LogP contribution is -2.69. The molecule has 0 spiro atoms. The number of benzene rings is 2. The first-order chi connectivity index (χ1) is 22.3. The number of nitrogens with one attached hydrogen (secondary N) is 1. The second-order valence-corrected chi connectivity index (χ2v) is 14.2. The monoisotopic (exact) mass is 629 g/mol. The van der Waals surface area contributed by atoms with Gasteiger partial charge in [0.2, 0.25) is 0 Å². The van der Waals surface area contributed by atoms with Crippen LogP contribution < -0.4 is 5.32 Å². The molecule has 3 amide bonds. The van der Waals surface area contributed by atoms with Crippen molar-refractivity contribution in [2.75, 3.05) is 51.6 Å². The standard InChI is InChI=1S/C37H51N5O4/c1-27-22-28(2)24-29(23-27)26-46-36(45)42-20-13-33(41-19-12-32-6-4-5-7-34(32)38-35(41)44)25-37(42,14-21-43)40-17-10-31(11-18-40)30-8-15-39(3)16-9-30/h4-7,21-24,30-31,33H,8-20,25-26H2,1-3H3,(H,38,44)/t33-,37+/m1/s1. The van der Waals surface area contributed by atoms with Crippen molar-refractivity contribution in [2.24, 2.45) is 11.8 Å². The Bertz CT molecular complexity index is 1380. The number of anilines is 1. The second-order valence-electron chi connectivity index (χ2n) is 14.2. The molecule has 4 aliphatic rings. The highest BCUT2D eigenvalue weighted by Gasteiger charge is 2.52. The predicted octanol–water partition coefficient (Wildman–Crippen LogP) is 5.83. The molecule has 9 heteroatoms. The van der Waals surface area contributed by atoms with Gasteiger partial charge in [-0.2, -0.15) is 0 Å². The zero-order chi connectivity index (χ0) is 32.3. The summed E-state index contributed by atoms with van der Waals surface area (Å²) in [6.07, 6.45) is 7.29. The van der Waals surface area contributed by atoms with E-state index in [1.54, 1.807) is 0 Å². The third kappa shape index (κ3) is 6.95. The number of carbonyl (C=O) groups excluding carboxylic acids is 3. The SMILES string of the molecule is Cc1cc(C)cc(COC(=O)N2CC[C@@H](N3CCc4ccccc4NC3=O)C[C@@]2(CC=O)N2CCC(C3CCN(C)CC3)CC2)c1. The Labute approximate surface area is 274 Å². The van der Waals surface area contributed by atoms with E-state index in [1.165, 1.54) is 12.8 Å². The predicted molar refractivity (Wildman–Crippen MR) is 180 cm³/mol. The normalized spacial score (nSPS) is 25.5. The Kier molecular flexibility index (Phi) is 9.99. The van der Waals surface area contributed by atoms with Crippen molar-refractivity contribution in [3.8, 4) is 0 Å². The number of aryl methyl sites for hydroxylation is 2. The fourth-order valence-corrected chi connectivity index (χ4v) is 8.76. The Morgan fingerprint density at radius 3 is 2.30 bits per heavy atom. The molecule has 4 heterocycles. The number of likely N-dealkylation sites (tertiary alicyclic amines) is 3. The van der Waals surface area contributed by atoms with E-state index in [-0.39, 0.29) is 31.2 Å². The van der Waals surface area contributed by atoms with E-state index in [1.807, 2.05) is 41.8 Å². The first-order valence-electron chi connectivity index (χ1n) is 17.3. The van der Waals surface area contributed by atoms with Crippen molar-refractivity contribution in [1.29, 1.82) is 0 Å².